The smallest absolute Gasteiger partial charge is 0.222 e. The third-order valence-electron chi connectivity index (χ3n) is 4.82. The van der Waals surface area contributed by atoms with Crippen LogP contribution >= 0.6 is 0 Å². The van der Waals surface area contributed by atoms with Gasteiger partial charge in [-0.25, -0.2) is 0 Å². The van der Waals surface area contributed by atoms with Crippen LogP contribution in [0.15, 0.2) is 48.5 Å². The van der Waals surface area contributed by atoms with Gasteiger partial charge in [0.2, 0.25) is 5.91 Å². The standard InChI is InChI=1S/C21H25NO3/c1-24-19-11-10-17(14-20(19)25-2)18(13-16-7-4-3-5-8-16)15-22-12-6-9-21(22)23/h3-5,7-8,10-11,14,18H,6,9,12-13,15H2,1-2H3. The highest BCUT2D eigenvalue weighted by Gasteiger charge is 2.25. The predicted octanol–water partition coefficient (Wildman–Crippen LogP) is 3.65. The number of rotatable bonds is 7. The van der Waals surface area contributed by atoms with Crippen molar-refractivity contribution in [3.05, 3.63) is 59.7 Å². The number of carbonyl (C=O) groups is 1. The Morgan fingerprint density at radius 1 is 1.04 bits per heavy atom. The zero-order chi connectivity index (χ0) is 17.6. The summed E-state index contributed by atoms with van der Waals surface area (Å²) in [5, 5.41) is 0. The molecule has 0 bridgehead atoms. The normalized spacial score (nSPS) is 15.3. The number of likely N-dealkylation sites (tertiary alicyclic amines) is 1. The summed E-state index contributed by atoms with van der Waals surface area (Å²) < 4.78 is 10.8. The van der Waals surface area contributed by atoms with Gasteiger partial charge >= 0.3 is 0 Å². The molecule has 1 heterocycles. The molecule has 1 amide bonds. The Hall–Kier alpha value is -2.49. The van der Waals surface area contributed by atoms with E-state index in [1.54, 1.807) is 14.2 Å². The molecule has 3 rings (SSSR count). The van der Waals surface area contributed by atoms with Crippen LogP contribution in [0, 0.1) is 0 Å². The second-order valence-corrected chi connectivity index (χ2v) is 6.44. The first kappa shape index (κ1) is 17.3. The minimum Gasteiger partial charge on any atom is -0.493 e. The summed E-state index contributed by atoms with van der Waals surface area (Å²) in [4.78, 5) is 14.1. The molecule has 0 aromatic heterocycles. The lowest BCUT2D eigenvalue weighted by Gasteiger charge is -2.25. The van der Waals surface area contributed by atoms with Crippen molar-refractivity contribution in [2.24, 2.45) is 0 Å². The summed E-state index contributed by atoms with van der Waals surface area (Å²) in [7, 11) is 3.29. The van der Waals surface area contributed by atoms with Crippen LogP contribution < -0.4 is 9.47 Å². The number of hydrogen-bond acceptors (Lipinski definition) is 3. The highest BCUT2D eigenvalue weighted by atomic mass is 16.5. The van der Waals surface area contributed by atoms with Crippen LogP contribution in [0.4, 0.5) is 0 Å². The van der Waals surface area contributed by atoms with Crippen LogP contribution in [0.3, 0.4) is 0 Å². The van der Waals surface area contributed by atoms with E-state index in [1.807, 2.05) is 23.1 Å². The van der Waals surface area contributed by atoms with Gasteiger partial charge in [-0.15, -0.1) is 0 Å². The van der Waals surface area contributed by atoms with E-state index < -0.39 is 0 Å². The summed E-state index contributed by atoms with van der Waals surface area (Å²) in [5.41, 5.74) is 2.44. The van der Waals surface area contributed by atoms with Crippen molar-refractivity contribution in [1.29, 1.82) is 0 Å². The average Bonchev–Trinajstić information content (AvgIpc) is 3.06. The van der Waals surface area contributed by atoms with Gasteiger partial charge in [-0.3, -0.25) is 4.79 Å². The third kappa shape index (κ3) is 4.13. The van der Waals surface area contributed by atoms with Crippen LogP contribution in [0.5, 0.6) is 11.5 Å². The molecule has 132 valence electrons. The zero-order valence-electron chi connectivity index (χ0n) is 14.9. The number of carbonyl (C=O) groups excluding carboxylic acids is 1. The second kappa shape index (κ2) is 8.06. The van der Waals surface area contributed by atoms with Gasteiger partial charge in [0.25, 0.3) is 0 Å². The fourth-order valence-corrected chi connectivity index (χ4v) is 3.46. The van der Waals surface area contributed by atoms with Crippen LogP contribution in [0.2, 0.25) is 0 Å². The van der Waals surface area contributed by atoms with Gasteiger partial charge in [0.1, 0.15) is 0 Å². The van der Waals surface area contributed by atoms with E-state index in [1.165, 1.54) is 11.1 Å². The summed E-state index contributed by atoms with van der Waals surface area (Å²) >= 11 is 0. The van der Waals surface area contributed by atoms with E-state index >= 15 is 0 Å². The molecule has 25 heavy (non-hydrogen) atoms. The fourth-order valence-electron chi connectivity index (χ4n) is 3.46. The van der Waals surface area contributed by atoms with Gasteiger partial charge in [-0.1, -0.05) is 36.4 Å². The van der Waals surface area contributed by atoms with Crippen molar-refractivity contribution in [2.75, 3.05) is 27.3 Å². The van der Waals surface area contributed by atoms with Gasteiger partial charge in [0.05, 0.1) is 14.2 Å². The summed E-state index contributed by atoms with van der Waals surface area (Å²) in [5.74, 6) is 1.94. The molecule has 4 heteroatoms. The molecule has 1 aliphatic rings. The molecular formula is C21H25NO3. The lowest BCUT2D eigenvalue weighted by atomic mass is 9.91. The minimum absolute atomic E-state index is 0.226. The lowest BCUT2D eigenvalue weighted by molar-refractivity contribution is -0.127. The Balaban J connectivity index is 1.88. The minimum atomic E-state index is 0.226. The number of nitrogens with zero attached hydrogens (tertiary/aromatic N) is 1. The van der Waals surface area contributed by atoms with E-state index in [-0.39, 0.29) is 11.8 Å². The van der Waals surface area contributed by atoms with Crippen LogP contribution in [0.25, 0.3) is 0 Å². The Kier molecular flexibility index (Phi) is 5.59. The van der Waals surface area contributed by atoms with Gasteiger partial charge < -0.3 is 14.4 Å². The van der Waals surface area contributed by atoms with Crippen molar-refractivity contribution >= 4 is 5.91 Å². The van der Waals surface area contributed by atoms with E-state index in [9.17, 15) is 4.79 Å². The van der Waals surface area contributed by atoms with E-state index in [2.05, 4.69) is 30.3 Å². The molecule has 0 N–H and O–H groups in total. The van der Waals surface area contributed by atoms with Crippen molar-refractivity contribution in [3.8, 4) is 11.5 Å². The topological polar surface area (TPSA) is 38.8 Å². The first-order valence-electron chi connectivity index (χ1n) is 8.75. The summed E-state index contributed by atoms with van der Waals surface area (Å²) in [6, 6.07) is 16.5. The van der Waals surface area contributed by atoms with Gasteiger partial charge in [0, 0.05) is 25.4 Å². The summed E-state index contributed by atoms with van der Waals surface area (Å²) in [6.07, 6.45) is 2.52. The SMILES string of the molecule is COc1ccc(C(Cc2ccccc2)CN2CCCC2=O)cc1OC. The van der Waals surface area contributed by atoms with Gasteiger partial charge in [-0.05, 0) is 36.1 Å². The monoisotopic (exact) mass is 339 g/mol. The third-order valence-corrected chi connectivity index (χ3v) is 4.82. The molecular weight excluding hydrogens is 314 g/mol. The predicted molar refractivity (Wildman–Crippen MR) is 98.2 cm³/mol. The number of amides is 1. The Bertz CT molecular complexity index is 714. The number of benzene rings is 2. The van der Waals surface area contributed by atoms with Crippen LogP contribution in [0.1, 0.15) is 29.9 Å². The highest BCUT2D eigenvalue weighted by molar-refractivity contribution is 5.78. The largest absolute Gasteiger partial charge is 0.493 e. The molecule has 0 aliphatic carbocycles. The van der Waals surface area contributed by atoms with E-state index in [0.717, 1.165) is 37.4 Å². The first-order valence-corrected chi connectivity index (χ1v) is 8.75. The fraction of sp³-hybridized carbons (Fsp3) is 0.381. The lowest BCUT2D eigenvalue weighted by Crippen LogP contribution is -2.30. The Morgan fingerprint density at radius 2 is 1.80 bits per heavy atom. The first-order chi connectivity index (χ1) is 12.2. The molecule has 4 nitrogen and oxygen atoms in total. The molecule has 0 saturated carbocycles. The maximum Gasteiger partial charge on any atom is 0.222 e. The molecule has 0 radical (unpaired) electrons. The van der Waals surface area contributed by atoms with Crippen molar-refractivity contribution < 1.29 is 14.3 Å². The average molecular weight is 339 g/mol. The maximum absolute atomic E-state index is 12.1. The zero-order valence-corrected chi connectivity index (χ0v) is 14.9. The quantitative estimate of drug-likeness (QED) is 0.773. The summed E-state index contributed by atoms with van der Waals surface area (Å²) in [6.45, 7) is 1.60. The van der Waals surface area contributed by atoms with Crippen molar-refractivity contribution in [2.45, 2.75) is 25.2 Å². The van der Waals surface area contributed by atoms with Crippen LogP contribution in [-0.2, 0) is 11.2 Å². The molecule has 1 fully saturated rings. The van der Waals surface area contributed by atoms with Crippen molar-refractivity contribution in [1.82, 2.24) is 4.90 Å². The maximum atomic E-state index is 12.1. The Labute approximate surface area is 149 Å². The molecule has 1 saturated heterocycles. The number of methoxy groups -OCH3 is 2. The second-order valence-electron chi connectivity index (χ2n) is 6.44. The molecule has 1 aliphatic heterocycles. The Morgan fingerprint density at radius 3 is 2.44 bits per heavy atom. The van der Waals surface area contributed by atoms with E-state index in [0.29, 0.717) is 6.42 Å². The van der Waals surface area contributed by atoms with E-state index in [4.69, 9.17) is 9.47 Å². The van der Waals surface area contributed by atoms with Crippen LogP contribution in [-0.4, -0.2) is 38.1 Å². The van der Waals surface area contributed by atoms with Gasteiger partial charge in [-0.2, -0.15) is 0 Å². The highest BCUT2D eigenvalue weighted by Crippen LogP contribution is 2.33. The molecule has 1 unspecified atom stereocenters. The van der Waals surface area contributed by atoms with Gasteiger partial charge in [0.15, 0.2) is 11.5 Å². The molecule has 2 aromatic rings. The molecule has 2 aromatic carbocycles. The number of hydrogen-bond donors (Lipinski definition) is 0. The molecule has 1 atom stereocenters. The number of ether oxygens (including phenoxy) is 2. The van der Waals surface area contributed by atoms with Crippen molar-refractivity contribution in [3.63, 3.8) is 0 Å². The molecule has 0 spiro atoms.